The van der Waals surface area contributed by atoms with Gasteiger partial charge in [0.15, 0.2) is 0 Å². The molecule has 0 amide bonds. The molecule has 3 rings (SSSR count). The summed E-state index contributed by atoms with van der Waals surface area (Å²) in [5.41, 5.74) is 6.91. The summed E-state index contributed by atoms with van der Waals surface area (Å²) in [5.74, 6) is 0.736. The number of halogens is 1. The number of hydrogen-bond acceptors (Lipinski definition) is 0. The number of rotatable bonds is 4. The molecular weight excluding hydrogens is 259 g/mol. The SMILES string of the molecule is Cc1ccc(CCc2ccc(C)c(C)c2F)c(C2CC2)c1. The van der Waals surface area contributed by atoms with Gasteiger partial charge in [-0.1, -0.05) is 35.9 Å². The Morgan fingerprint density at radius 1 is 0.952 bits per heavy atom. The molecule has 21 heavy (non-hydrogen) atoms. The van der Waals surface area contributed by atoms with Crippen LogP contribution in [0.25, 0.3) is 0 Å². The van der Waals surface area contributed by atoms with Crippen LogP contribution in [-0.2, 0) is 12.8 Å². The maximum Gasteiger partial charge on any atom is 0.129 e. The smallest absolute Gasteiger partial charge is 0.129 e. The van der Waals surface area contributed by atoms with Crippen molar-refractivity contribution in [2.75, 3.05) is 0 Å². The van der Waals surface area contributed by atoms with E-state index in [1.807, 2.05) is 26.0 Å². The Hall–Kier alpha value is -1.63. The van der Waals surface area contributed by atoms with Crippen LogP contribution in [0.15, 0.2) is 30.3 Å². The Balaban J connectivity index is 1.81. The average molecular weight is 282 g/mol. The Morgan fingerprint density at radius 2 is 1.62 bits per heavy atom. The van der Waals surface area contributed by atoms with Crippen molar-refractivity contribution in [2.45, 2.75) is 52.4 Å². The maximum absolute atomic E-state index is 14.3. The van der Waals surface area contributed by atoms with Crippen molar-refractivity contribution < 1.29 is 4.39 Å². The van der Waals surface area contributed by atoms with Gasteiger partial charge in [0.05, 0.1) is 0 Å². The molecule has 1 heteroatoms. The predicted molar refractivity (Wildman–Crippen MR) is 86.4 cm³/mol. The summed E-state index contributed by atoms with van der Waals surface area (Å²) in [4.78, 5) is 0. The highest BCUT2D eigenvalue weighted by Crippen LogP contribution is 2.42. The molecule has 0 N–H and O–H groups in total. The van der Waals surface area contributed by atoms with Gasteiger partial charge in [-0.05, 0) is 80.2 Å². The minimum absolute atomic E-state index is 0.0184. The van der Waals surface area contributed by atoms with Gasteiger partial charge in [0, 0.05) is 0 Å². The molecule has 0 aromatic heterocycles. The molecule has 1 fully saturated rings. The lowest BCUT2D eigenvalue weighted by molar-refractivity contribution is 0.598. The summed E-state index contributed by atoms with van der Waals surface area (Å²) in [6.45, 7) is 5.99. The maximum atomic E-state index is 14.3. The number of aryl methyl sites for hydroxylation is 4. The third kappa shape index (κ3) is 3.02. The van der Waals surface area contributed by atoms with Gasteiger partial charge in [-0.2, -0.15) is 0 Å². The van der Waals surface area contributed by atoms with Gasteiger partial charge in [0.25, 0.3) is 0 Å². The first-order chi connectivity index (χ1) is 10.1. The lowest BCUT2D eigenvalue weighted by Crippen LogP contribution is -2.01. The zero-order valence-corrected chi connectivity index (χ0v) is 13.2. The van der Waals surface area contributed by atoms with Gasteiger partial charge in [0.1, 0.15) is 5.82 Å². The van der Waals surface area contributed by atoms with Crippen LogP contribution >= 0.6 is 0 Å². The molecule has 0 atom stereocenters. The Labute approximate surface area is 127 Å². The number of hydrogen-bond donors (Lipinski definition) is 0. The first-order valence-corrected chi connectivity index (χ1v) is 7.90. The van der Waals surface area contributed by atoms with E-state index in [0.717, 1.165) is 35.4 Å². The molecule has 0 aliphatic heterocycles. The van der Waals surface area contributed by atoms with Crippen molar-refractivity contribution in [3.05, 3.63) is 69.5 Å². The Morgan fingerprint density at radius 3 is 2.33 bits per heavy atom. The second kappa shape index (κ2) is 5.63. The minimum Gasteiger partial charge on any atom is -0.206 e. The van der Waals surface area contributed by atoms with Crippen LogP contribution < -0.4 is 0 Å². The second-order valence-electron chi connectivity index (χ2n) is 6.46. The fourth-order valence-corrected chi connectivity index (χ4v) is 3.02. The quantitative estimate of drug-likeness (QED) is 0.703. The topological polar surface area (TPSA) is 0 Å². The van der Waals surface area contributed by atoms with E-state index in [1.54, 1.807) is 0 Å². The van der Waals surface area contributed by atoms with Gasteiger partial charge in [-0.25, -0.2) is 4.39 Å². The number of benzene rings is 2. The van der Waals surface area contributed by atoms with Crippen molar-refractivity contribution in [2.24, 2.45) is 0 Å². The Kier molecular flexibility index (Phi) is 3.84. The molecule has 2 aromatic carbocycles. The largest absolute Gasteiger partial charge is 0.206 e. The van der Waals surface area contributed by atoms with E-state index >= 15 is 0 Å². The average Bonchev–Trinajstić information content (AvgIpc) is 3.30. The third-order valence-corrected chi connectivity index (χ3v) is 4.72. The van der Waals surface area contributed by atoms with Crippen molar-refractivity contribution >= 4 is 0 Å². The zero-order valence-electron chi connectivity index (χ0n) is 13.2. The summed E-state index contributed by atoms with van der Waals surface area (Å²) in [5, 5.41) is 0. The highest BCUT2D eigenvalue weighted by atomic mass is 19.1. The van der Waals surface area contributed by atoms with Crippen LogP contribution in [0.4, 0.5) is 4.39 Å². The molecule has 0 saturated heterocycles. The lowest BCUT2D eigenvalue weighted by Gasteiger charge is -2.12. The fourth-order valence-electron chi connectivity index (χ4n) is 3.02. The summed E-state index contributed by atoms with van der Waals surface area (Å²) in [7, 11) is 0. The highest BCUT2D eigenvalue weighted by molar-refractivity contribution is 5.38. The third-order valence-electron chi connectivity index (χ3n) is 4.72. The van der Waals surface area contributed by atoms with Crippen LogP contribution in [0.5, 0.6) is 0 Å². The molecule has 110 valence electrons. The summed E-state index contributed by atoms with van der Waals surface area (Å²) in [6.07, 6.45) is 4.35. The first-order valence-electron chi connectivity index (χ1n) is 7.90. The van der Waals surface area contributed by atoms with Crippen LogP contribution in [0, 0.1) is 26.6 Å². The molecule has 0 nitrogen and oxygen atoms in total. The molecule has 0 radical (unpaired) electrons. The van der Waals surface area contributed by atoms with E-state index in [4.69, 9.17) is 0 Å². The second-order valence-corrected chi connectivity index (χ2v) is 6.46. The normalized spacial score (nSPS) is 14.5. The van der Waals surface area contributed by atoms with Crippen LogP contribution in [0.1, 0.15) is 52.1 Å². The predicted octanol–water partition coefficient (Wildman–Crippen LogP) is 5.41. The van der Waals surface area contributed by atoms with Crippen LogP contribution in [-0.4, -0.2) is 0 Å². The monoisotopic (exact) mass is 282 g/mol. The molecule has 0 spiro atoms. The summed E-state index contributed by atoms with van der Waals surface area (Å²) in [6, 6.07) is 10.7. The van der Waals surface area contributed by atoms with E-state index < -0.39 is 0 Å². The van der Waals surface area contributed by atoms with Crippen molar-refractivity contribution in [3.8, 4) is 0 Å². The van der Waals surface area contributed by atoms with Crippen LogP contribution in [0.3, 0.4) is 0 Å². The fraction of sp³-hybridized carbons (Fsp3) is 0.400. The van der Waals surface area contributed by atoms with E-state index in [0.29, 0.717) is 0 Å². The molecule has 0 bridgehead atoms. The molecule has 2 aromatic rings. The van der Waals surface area contributed by atoms with E-state index in [9.17, 15) is 4.39 Å². The van der Waals surface area contributed by atoms with Crippen molar-refractivity contribution in [3.63, 3.8) is 0 Å². The van der Waals surface area contributed by atoms with Gasteiger partial charge in [0.2, 0.25) is 0 Å². The first kappa shape index (κ1) is 14.3. The highest BCUT2D eigenvalue weighted by Gasteiger charge is 2.25. The Bertz CT molecular complexity index is 666. The van der Waals surface area contributed by atoms with Crippen molar-refractivity contribution in [1.29, 1.82) is 0 Å². The molecule has 0 heterocycles. The van der Waals surface area contributed by atoms with E-state index in [-0.39, 0.29) is 5.82 Å². The summed E-state index contributed by atoms with van der Waals surface area (Å²) < 4.78 is 14.3. The van der Waals surface area contributed by atoms with Gasteiger partial charge in [-0.3, -0.25) is 0 Å². The van der Waals surface area contributed by atoms with E-state index in [2.05, 4.69) is 25.1 Å². The molecular formula is C20H23F. The standard InChI is InChI=1S/C20H23F/c1-13-4-6-16(19(12-13)17-8-9-17)10-11-18-7-5-14(2)15(3)20(18)21/h4-7,12,17H,8-11H2,1-3H3. The van der Waals surface area contributed by atoms with Crippen molar-refractivity contribution in [1.82, 2.24) is 0 Å². The molecule has 1 aliphatic carbocycles. The molecule has 1 saturated carbocycles. The zero-order chi connectivity index (χ0) is 15.0. The minimum atomic E-state index is -0.0184. The lowest BCUT2D eigenvalue weighted by atomic mass is 9.94. The van der Waals surface area contributed by atoms with Crippen LogP contribution in [0.2, 0.25) is 0 Å². The molecule has 0 unspecified atom stereocenters. The van der Waals surface area contributed by atoms with Gasteiger partial charge >= 0.3 is 0 Å². The van der Waals surface area contributed by atoms with Gasteiger partial charge < -0.3 is 0 Å². The summed E-state index contributed by atoms with van der Waals surface area (Å²) >= 11 is 0. The van der Waals surface area contributed by atoms with Gasteiger partial charge in [-0.15, -0.1) is 0 Å². The molecule has 1 aliphatic rings. The van der Waals surface area contributed by atoms with E-state index in [1.165, 1.54) is 29.5 Å².